The minimum absolute atomic E-state index is 0.0548. The summed E-state index contributed by atoms with van der Waals surface area (Å²) in [6.45, 7) is 0. The second-order valence-electron chi connectivity index (χ2n) is 4.97. The highest BCUT2D eigenvalue weighted by atomic mass is 35.5. The van der Waals surface area contributed by atoms with Crippen molar-refractivity contribution in [3.63, 3.8) is 0 Å². The van der Waals surface area contributed by atoms with Crippen LogP contribution >= 0.6 is 11.6 Å². The number of aromatic nitrogens is 1. The highest BCUT2D eigenvalue weighted by Gasteiger charge is 2.22. The number of anilines is 1. The summed E-state index contributed by atoms with van der Waals surface area (Å²) >= 11 is 5.87. The van der Waals surface area contributed by atoms with Gasteiger partial charge in [-0.3, -0.25) is 4.72 Å². The Morgan fingerprint density at radius 2 is 2.00 bits per heavy atom. The summed E-state index contributed by atoms with van der Waals surface area (Å²) in [6.07, 6.45) is 1.48. The molecule has 0 unspecified atom stereocenters. The SMILES string of the molecule is COc1cc(-c2ccno2)ccc1S(=O)(=O)Nc1ccc(F)cc1Cl. The molecule has 0 saturated heterocycles. The summed E-state index contributed by atoms with van der Waals surface area (Å²) in [7, 11) is -2.65. The van der Waals surface area contributed by atoms with Crippen molar-refractivity contribution < 1.29 is 22.1 Å². The molecule has 0 spiro atoms. The summed E-state index contributed by atoms with van der Waals surface area (Å²) in [6, 6.07) is 9.45. The maximum absolute atomic E-state index is 13.1. The summed E-state index contributed by atoms with van der Waals surface area (Å²) in [5.41, 5.74) is 0.664. The molecule has 1 N–H and O–H groups in total. The topological polar surface area (TPSA) is 81.4 Å². The van der Waals surface area contributed by atoms with Gasteiger partial charge in [-0.15, -0.1) is 0 Å². The molecule has 9 heteroatoms. The lowest BCUT2D eigenvalue weighted by atomic mass is 10.1. The second kappa shape index (κ2) is 6.73. The first kappa shape index (κ1) is 17.2. The molecule has 0 radical (unpaired) electrons. The quantitative estimate of drug-likeness (QED) is 0.722. The van der Waals surface area contributed by atoms with Gasteiger partial charge in [0, 0.05) is 11.6 Å². The zero-order chi connectivity index (χ0) is 18.0. The van der Waals surface area contributed by atoms with Gasteiger partial charge in [-0.2, -0.15) is 0 Å². The Kier molecular flexibility index (Phi) is 4.65. The third-order valence-corrected chi connectivity index (χ3v) is 5.07. The van der Waals surface area contributed by atoms with E-state index in [-0.39, 0.29) is 21.4 Å². The predicted octanol–water partition coefficient (Wildman–Crippen LogP) is 3.94. The molecular formula is C16H12ClFN2O4S. The fourth-order valence-electron chi connectivity index (χ4n) is 2.18. The number of hydrogen-bond acceptors (Lipinski definition) is 5. The van der Waals surface area contributed by atoms with Crippen LogP contribution in [0.4, 0.5) is 10.1 Å². The van der Waals surface area contributed by atoms with Crippen molar-refractivity contribution in [2.45, 2.75) is 4.90 Å². The third kappa shape index (κ3) is 3.59. The molecule has 0 aliphatic heterocycles. The highest BCUT2D eigenvalue weighted by molar-refractivity contribution is 7.92. The lowest BCUT2D eigenvalue weighted by Gasteiger charge is -2.13. The molecule has 0 bridgehead atoms. The molecule has 0 aliphatic rings. The number of halogens is 2. The van der Waals surface area contributed by atoms with Gasteiger partial charge in [0.25, 0.3) is 10.0 Å². The molecule has 0 atom stereocenters. The van der Waals surface area contributed by atoms with Crippen molar-refractivity contribution in [3.05, 3.63) is 59.5 Å². The molecule has 3 aromatic rings. The Bertz CT molecular complexity index is 1010. The Hall–Kier alpha value is -2.58. The standard InChI is InChI=1S/C16H12ClFN2O4S/c1-23-15-8-10(14-6-7-19-24-14)2-5-16(15)25(21,22)20-13-4-3-11(18)9-12(13)17/h2-9,20H,1H3. The van der Waals surface area contributed by atoms with Crippen LogP contribution in [0.5, 0.6) is 5.75 Å². The number of methoxy groups -OCH3 is 1. The minimum atomic E-state index is -4.01. The molecule has 130 valence electrons. The minimum Gasteiger partial charge on any atom is -0.495 e. The number of hydrogen-bond donors (Lipinski definition) is 1. The Balaban J connectivity index is 1.99. The van der Waals surface area contributed by atoms with Gasteiger partial charge >= 0.3 is 0 Å². The summed E-state index contributed by atoms with van der Waals surface area (Å²) in [5, 5.41) is 3.55. The number of benzene rings is 2. The number of sulfonamides is 1. The van der Waals surface area contributed by atoms with Gasteiger partial charge in [-0.1, -0.05) is 16.8 Å². The van der Waals surface area contributed by atoms with Crippen LogP contribution < -0.4 is 9.46 Å². The van der Waals surface area contributed by atoms with E-state index in [1.54, 1.807) is 12.1 Å². The van der Waals surface area contributed by atoms with Gasteiger partial charge in [0.1, 0.15) is 16.5 Å². The average Bonchev–Trinajstić information content (AvgIpc) is 3.11. The first-order chi connectivity index (χ1) is 11.9. The normalized spacial score (nSPS) is 11.3. The van der Waals surface area contributed by atoms with Gasteiger partial charge in [-0.25, -0.2) is 12.8 Å². The van der Waals surface area contributed by atoms with Gasteiger partial charge in [0.15, 0.2) is 5.76 Å². The molecule has 6 nitrogen and oxygen atoms in total. The summed E-state index contributed by atoms with van der Waals surface area (Å²) < 4.78 is 50.9. The largest absolute Gasteiger partial charge is 0.495 e. The smallest absolute Gasteiger partial charge is 0.265 e. The van der Waals surface area contributed by atoms with E-state index in [1.165, 1.54) is 31.5 Å². The van der Waals surface area contributed by atoms with Crippen molar-refractivity contribution in [2.75, 3.05) is 11.8 Å². The highest BCUT2D eigenvalue weighted by Crippen LogP contribution is 2.32. The fraction of sp³-hybridized carbons (Fsp3) is 0.0625. The summed E-state index contributed by atoms with van der Waals surface area (Å²) in [4.78, 5) is -0.0985. The molecule has 1 heterocycles. The predicted molar refractivity (Wildman–Crippen MR) is 90.7 cm³/mol. The molecule has 2 aromatic carbocycles. The molecular weight excluding hydrogens is 371 g/mol. The third-order valence-electron chi connectivity index (χ3n) is 3.35. The molecule has 0 amide bonds. The maximum atomic E-state index is 13.1. The number of nitrogens with zero attached hydrogens (tertiary/aromatic N) is 1. The number of nitrogens with one attached hydrogen (secondary N) is 1. The van der Waals surface area contributed by atoms with E-state index >= 15 is 0 Å². The van der Waals surface area contributed by atoms with E-state index in [9.17, 15) is 12.8 Å². The van der Waals surface area contributed by atoms with Crippen LogP contribution in [0, 0.1) is 5.82 Å². The van der Waals surface area contributed by atoms with E-state index in [4.69, 9.17) is 20.9 Å². The number of ether oxygens (including phenoxy) is 1. The monoisotopic (exact) mass is 382 g/mol. The Morgan fingerprint density at radius 1 is 1.20 bits per heavy atom. The first-order valence-electron chi connectivity index (χ1n) is 6.97. The van der Waals surface area contributed by atoms with Crippen LogP contribution in [0.2, 0.25) is 5.02 Å². The Morgan fingerprint density at radius 3 is 2.64 bits per heavy atom. The number of rotatable bonds is 5. The van der Waals surface area contributed by atoms with E-state index < -0.39 is 15.8 Å². The molecule has 25 heavy (non-hydrogen) atoms. The van der Waals surface area contributed by atoms with Crippen LogP contribution in [0.25, 0.3) is 11.3 Å². The van der Waals surface area contributed by atoms with E-state index in [1.807, 2.05) is 0 Å². The van der Waals surface area contributed by atoms with Gasteiger partial charge in [0.2, 0.25) is 0 Å². The van der Waals surface area contributed by atoms with Gasteiger partial charge in [0.05, 0.1) is 24.0 Å². The molecule has 0 aliphatic carbocycles. The lowest BCUT2D eigenvalue weighted by Crippen LogP contribution is -2.14. The van der Waals surface area contributed by atoms with Crippen LogP contribution in [0.1, 0.15) is 0 Å². The van der Waals surface area contributed by atoms with Gasteiger partial charge in [-0.05, 0) is 36.4 Å². The zero-order valence-electron chi connectivity index (χ0n) is 12.9. The van der Waals surface area contributed by atoms with E-state index in [0.717, 1.165) is 12.1 Å². The first-order valence-corrected chi connectivity index (χ1v) is 8.84. The maximum Gasteiger partial charge on any atom is 0.265 e. The summed E-state index contributed by atoms with van der Waals surface area (Å²) in [5.74, 6) is 0.0124. The van der Waals surface area contributed by atoms with E-state index in [2.05, 4.69) is 9.88 Å². The van der Waals surface area contributed by atoms with Crippen molar-refractivity contribution in [1.82, 2.24) is 5.16 Å². The second-order valence-corrected chi connectivity index (χ2v) is 7.03. The van der Waals surface area contributed by atoms with Crippen molar-refractivity contribution in [2.24, 2.45) is 0 Å². The molecule has 0 fully saturated rings. The van der Waals surface area contributed by atoms with Gasteiger partial charge < -0.3 is 9.26 Å². The zero-order valence-corrected chi connectivity index (χ0v) is 14.4. The van der Waals surface area contributed by atoms with E-state index in [0.29, 0.717) is 11.3 Å². The van der Waals surface area contributed by atoms with Crippen LogP contribution in [0.15, 0.2) is 58.1 Å². The van der Waals surface area contributed by atoms with Crippen LogP contribution in [-0.4, -0.2) is 20.7 Å². The average molecular weight is 383 g/mol. The van der Waals surface area contributed by atoms with Crippen molar-refractivity contribution in [3.8, 4) is 17.1 Å². The van der Waals surface area contributed by atoms with Crippen LogP contribution in [-0.2, 0) is 10.0 Å². The van der Waals surface area contributed by atoms with Crippen molar-refractivity contribution >= 4 is 27.3 Å². The molecule has 0 saturated carbocycles. The van der Waals surface area contributed by atoms with Crippen LogP contribution in [0.3, 0.4) is 0 Å². The van der Waals surface area contributed by atoms with Crippen molar-refractivity contribution in [1.29, 1.82) is 0 Å². The molecule has 1 aromatic heterocycles. The molecule has 3 rings (SSSR count). The lowest BCUT2D eigenvalue weighted by molar-refractivity contribution is 0.402. The fourth-order valence-corrected chi connectivity index (χ4v) is 3.68. The Labute approximate surface area is 148 Å².